The van der Waals surface area contributed by atoms with Gasteiger partial charge in [0.1, 0.15) is 17.6 Å². The van der Waals surface area contributed by atoms with E-state index in [1.54, 1.807) is 13.0 Å². The van der Waals surface area contributed by atoms with Crippen molar-refractivity contribution in [3.05, 3.63) is 52.6 Å². The maximum atomic E-state index is 13.7. The van der Waals surface area contributed by atoms with Crippen LogP contribution >= 0.6 is 0 Å². The number of nitrogens with zero attached hydrogens (tertiary/aromatic N) is 4. The Hall–Kier alpha value is -2.99. The highest BCUT2D eigenvalue weighted by Gasteiger charge is 2.06. The summed E-state index contributed by atoms with van der Waals surface area (Å²) < 4.78 is 13.7. The third kappa shape index (κ3) is 3.06. The van der Waals surface area contributed by atoms with Crippen molar-refractivity contribution in [1.82, 2.24) is 9.97 Å². The highest BCUT2D eigenvalue weighted by Crippen LogP contribution is 2.12. The molecule has 2 rings (SSSR count). The lowest BCUT2D eigenvalue weighted by Gasteiger charge is -2.07. The first kappa shape index (κ1) is 13.4. The fourth-order valence-electron chi connectivity index (χ4n) is 1.64. The molecule has 0 radical (unpaired) electrons. The van der Waals surface area contributed by atoms with Gasteiger partial charge in [0, 0.05) is 17.8 Å². The summed E-state index contributed by atoms with van der Waals surface area (Å²) in [5.74, 6) is -0.199. The van der Waals surface area contributed by atoms with E-state index in [1.165, 1.54) is 18.2 Å². The summed E-state index contributed by atoms with van der Waals surface area (Å²) in [6.45, 7) is 1.92. The lowest BCUT2D eigenvalue weighted by atomic mass is 10.1. The standard InChI is InChI=1S/C14H10FN5/c1-9-4-12(7-17)20-14(19-9)18-8-11-3-2-10(6-16)5-13(11)15/h2-5H,8H2,1H3,(H,18,19,20). The molecule has 0 bridgehead atoms. The Balaban J connectivity index is 2.15. The van der Waals surface area contributed by atoms with Gasteiger partial charge in [-0.25, -0.2) is 14.4 Å². The number of anilines is 1. The van der Waals surface area contributed by atoms with Crippen LogP contribution in [0.25, 0.3) is 0 Å². The van der Waals surface area contributed by atoms with Crippen molar-refractivity contribution in [2.24, 2.45) is 0 Å². The fraction of sp³-hybridized carbons (Fsp3) is 0.143. The first-order valence-corrected chi connectivity index (χ1v) is 5.80. The molecular formula is C14H10FN5. The van der Waals surface area contributed by atoms with Crippen molar-refractivity contribution in [2.45, 2.75) is 13.5 Å². The lowest BCUT2D eigenvalue weighted by Crippen LogP contribution is -2.07. The van der Waals surface area contributed by atoms with Crippen LogP contribution in [0.3, 0.4) is 0 Å². The zero-order valence-electron chi connectivity index (χ0n) is 10.7. The van der Waals surface area contributed by atoms with E-state index < -0.39 is 5.82 Å². The minimum absolute atomic E-state index is 0.172. The molecule has 1 aromatic carbocycles. The molecule has 1 heterocycles. The molecule has 0 atom stereocenters. The summed E-state index contributed by atoms with van der Waals surface area (Å²) in [5, 5.41) is 20.3. The molecule has 0 aliphatic carbocycles. The number of benzene rings is 1. The summed E-state index contributed by atoms with van der Waals surface area (Å²) in [6, 6.07) is 9.61. The monoisotopic (exact) mass is 267 g/mol. The molecule has 0 aliphatic rings. The number of aryl methyl sites for hydroxylation is 1. The molecule has 0 unspecified atom stereocenters. The third-order valence-electron chi connectivity index (χ3n) is 2.59. The van der Waals surface area contributed by atoms with Gasteiger partial charge in [-0.15, -0.1) is 0 Å². The van der Waals surface area contributed by atoms with Crippen LogP contribution in [-0.4, -0.2) is 9.97 Å². The summed E-state index contributed by atoms with van der Waals surface area (Å²) in [4.78, 5) is 8.08. The van der Waals surface area contributed by atoms with Gasteiger partial charge in [0.15, 0.2) is 0 Å². The van der Waals surface area contributed by atoms with E-state index in [-0.39, 0.29) is 23.8 Å². The quantitative estimate of drug-likeness (QED) is 0.922. The van der Waals surface area contributed by atoms with Gasteiger partial charge in [0.25, 0.3) is 0 Å². The Bertz CT molecular complexity index is 727. The molecule has 0 saturated carbocycles. The molecule has 0 saturated heterocycles. The van der Waals surface area contributed by atoms with Crippen molar-refractivity contribution in [3.63, 3.8) is 0 Å². The van der Waals surface area contributed by atoms with Gasteiger partial charge < -0.3 is 5.32 Å². The van der Waals surface area contributed by atoms with Crippen LogP contribution in [0.15, 0.2) is 24.3 Å². The highest BCUT2D eigenvalue weighted by atomic mass is 19.1. The lowest BCUT2D eigenvalue weighted by molar-refractivity contribution is 0.612. The molecule has 2 aromatic rings. The van der Waals surface area contributed by atoms with E-state index in [1.807, 2.05) is 12.1 Å². The number of nitriles is 2. The zero-order valence-corrected chi connectivity index (χ0v) is 10.7. The van der Waals surface area contributed by atoms with Crippen LogP contribution in [0, 0.1) is 35.4 Å². The van der Waals surface area contributed by atoms with Crippen LogP contribution in [0.2, 0.25) is 0 Å². The van der Waals surface area contributed by atoms with E-state index in [4.69, 9.17) is 10.5 Å². The number of halogens is 1. The molecule has 6 heteroatoms. The van der Waals surface area contributed by atoms with E-state index in [0.717, 1.165) is 0 Å². The van der Waals surface area contributed by atoms with Gasteiger partial charge in [-0.2, -0.15) is 10.5 Å². The Kier molecular flexibility index (Phi) is 3.88. The molecule has 5 nitrogen and oxygen atoms in total. The number of hydrogen-bond acceptors (Lipinski definition) is 5. The molecule has 98 valence electrons. The van der Waals surface area contributed by atoms with Crippen LogP contribution in [0.5, 0.6) is 0 Å². The first-order chi connectivity index (χ1) is 9.62. The molecular weight excluding hydrogens is 257 g/mol. The van der Waals surface area contributed by atoms with Crippen LogP contribution in [-0.2, 0) is 6.54 Å². The molecule has 1 N–H and O–H groups in total. The van der Waals surface area contributed by atoms with Gasteiger partial charge in [0.2, 0.25) is 5.95 Å². The summed E-state index contributed by atoms with van der Waals surface area (Å²) >= 11 is 0. The predicted octanol–water partition coefficient (Wildman–Crippen LogP) is 2.28. The largest absolute Gasteiger partial charge is 0.350 e. The molecule has 0 spiro atoms. The topological polar surface area (TPSA) is 85.4 Å². The van der Waals surface area contributed by atoms with Crippen molar-refractivity contribution in [2.75, 3.05) is 5.32 Å². The summed E-state index contributed by atoms with van der Waals surface area (Å²) in [5.41, 5.74) is 1.57. The second kappa shape index (κ2) is 5.77. The zero-order chi connectivity index (χ0) is 14.5. The minimum Gasteiger partial charge on any atom is -0.350 e. The summed E-state index contributed by atoms with van der Waals surface area (Å²) in [6.07, 6.45) is 0. The van der Waals surface area contributed by atoms with E-state index in [9.17, 15) is 4.39 Å². The maximum Gasteiger partial charge on any atom is 0.224 e. The van der Waals surface area contributed by atoms with Crippen molar-refractivity contribution in [3.8, 4) is 12.1 Å². The summed E-state index contributed by atoms with van der Waals surface area (Å²) in [7, 11) is 0. The Morgan fingerprint density at radius 1 is 1.20 bits per heavy atom. The van der Waals surface area contributed by atoms with Crippen LogP contribution in [0.4, 0.5) is 10.3 Å². The average Bonchev–Trinajstić information content (AvgIpc) is 2.45. The number of rotatable bonds is 3. The molecule has 0 fully saturated rings. The van der Waals surface area contributed by atoms with Gasteiger partial charge >= 0.3 is 0 Å². The highest BCUT2D eigenvalue weighted by molar-refractivity contribution is 5.37. The molecule has 0 amide bonds. The van der Waals surface area contributed by atoms with Gasteiger partial charge in [-0.3, -0.25) is 0 Å². The van der Waals surface area contributed by atoms with Crippen LogP contribution < -0.4 is 5.32 Å². The molecule has 20 heavy (non-hydrogen) atoms. The van der Waals surface area contributed by atoms with Gasteiger partial charge in [0.05, 0.1) is 11.6 Å². The van der Waals surface area contributed by atoms with E-state index in [0.29, 0.717) is 11.3 Å². The predicted molar refractivity (Wildman–Crippen MR) is 69.9 cm³/mol. The smallest absolute Gasteiger partial charge is 0.224 e. The van der Waals surface area contributed by atoms with Crippen molar-refractivity contribution < 1.29 is 4.39 Å². The average molecular weight is 267 g/mol. The Labute approximate surface area is 115 Å². The number of aromatic nitrogens is 2. The first-order valence-electron chi connectivity index (χ1n) is 5.80. The Morgan fingerprint density at radius 3 is 2.65 bits per heavy atom. The number of nitrogens with one attached hydrogen (secondary N) is 1. The second-order valence-corrected chi connectivity index (χ2v) is 4.10. The van der Waals surface area contributed by atoms with Gasteiger partial charge in [-0.1, -0.05) is 6.07 Å². The second-order valence-electron chi connectivity index (χ2n) is 4.10. The fourth-order valence-corrected chi connectivity index (χ4v) is 1.64. The SMILES string of the molecule is Cc1cc(C#N)nc(NCc2ccc(C#N)cc2F)n1. The minimum atomic E-state index is -0.468. The van der Waals surface area contributed by atoms with E-state index in [2.05, 4.69) is 15.3 Å². The van der Waals surface area contributed by atoms with Crippen LogP contribution in [0.1, 0.15) is 22.5 Å². The maximum absolute atomic E-state index is 13.7. The normalized spacial score (nSPS) is 9.60. The van der Waals surface area contributed by atoms with Crippen molar-refractivity contribution in [1.29, 1.82) is 10.5 Å². The molecule has 1 aromatic heterocycles. The third-order valence-corrected chi connectivity index (χ3v) is 2.59. The van der Waals surface area contributed by atoms with Crippen molar-refractivity contribution >= 4 is 5.95 Å². The number of hydrogen-bond donors (Lipinski definition) is 1. The van der Waals surface area contributed by atoms with Gasteiger partial charge in [-0.05, 0) is 25.1 Å². The van der Waals surface area contributed by atoms with E-state index >= 15 is 0 Å². The molecule has 0 aliphatic heterocycles. The Morgan fingerprint density at radius 2 is 2.00 bits per heavy atom.